The number of guanidine groups is 1. The summed E-state index contributed by atoms with van der Waals surface area (Å²) in [4.78, 5) is 25.5. The van der Waals surface area contributed by atoms with E-state index in [1.165, 1.54) is 6.07 Å². The molecule has 1 amide bonds. The molecular formula is C23H32FIN6O2. The normalized spacial score (nSPS) is 18.9. The van der Waals surface area contributed by atoms with Crippen molar-refractivity contribution in [3.05, 3.63) is 47.8 Å². The van der Waals surface area contributed by atoms with Crippen molar-refractivity contribution in [3.8, 4) is 5.69 Å². The minimum atomic E-state index is -0.301. The molecule has 1 aromatic heterocycles. The number of hydrogen-bond donors (Lipinski definition) is 1. The fourth-order valence-corrected chi connectivity index (χ4v) is 4.18. The Labute approximate surface area is 211 Å². The third-order valence-corrected chi connectivity index (χ3v) is 5.94. The van der Waals surface area contributed by atoms with Crippen molar-refractivity contribution < 1.29 is 13.9 Å². The monoisotopic (exact) mass is 570 g/mol. The Hall–Kier alpha value is -2.21. The van der Waals surface area contributed by atoms with Crippen LogP contribution in [-0.4, -0.2) is 76.7 Å². The van der Waals surface area contributed by atoms with Crippen LogP contribution >= 0.6 is 24.0 Å². The third kappa shape index (κ3) is 6.03. The highest BCUT2D eigenvalue weighted by Crippen LogP contribution is 2.18. The molecule has 2 saturated heterocycles. The summed E-state index contributed by atoms with van der Waals surface area (Å²) < 4.78 is 22.0. The molecule has 180 valence electrons. The van der Waals surface area contributed by atoms with Crippen LogP contribution in [0.5, 0.6) is 0 Å². The first-order chi connectivity index (χ1) is 15.6. The number of carbonyl (C=O) groups excluding carboxylic acids is 1. The number of hydrogen-bond acceptors (Lipinski definition) is 4. The lowest BCUT2D eigenvalue weighted by Gasteiger charge is -2.37. The van der Waals surface area contributed by atoms with Gasteiger partial charge in [-0.05, 0) is 44.4 Å². The molecule has 0 radical (unpaired) electrons. The van der Waals surface area contributed by atoms with E-state index in [1.54, 1.807) is 23.0 Å². The zero-order chi connectivity index (χ0) is 22.5. The lowest BCUT2D eigenvalue weighted by Crippen LogP contribution is -2.55. The largest absolute Gasteiger partial charge is 0.368 e. The summed E-state index contributed by atoms with van der Waals surface area (Å²) in [5.74, 6) is 1.32. The average molecular weight is 570 g/mol. The Kier molecular flexibility index (Phi) is 9.07. The van der Waals surface area contributed by atoms with Crippen LogP contribution in [0.4, 0.5) is 4.39 Å². The molecule has 2 fully saturated rings. The fraction of sp³-hybridized carbons (Fsp3) is 0.522. The Bertz CT molecular complexity index is 968. The first kappa shape index (κ1) is 25.4. The van der Waals surface area contributed by atoms with Crippen LogP contribution in [0.15, 0.2) is 35.6 Å². The van der Waals surface area contributed by atoms with Crippen LogP contribution in [0.2, 0.25) is 0 Å². The molecule has 3 heterocycles. The van der Waals surface area contributed by atoms with E-state index in [-0.39, 0.29) is 41.8 Å². The molecule has 2 aliphatic rings. The van der Waals surface area contributed by atoms with E-state index in [9.17, 15) is 9.18 Å². The summed E-state index contributed by atoms with van der Waals surface area (Å²) in [5, 5.41) is 3.32. The van der Waals surface area contributed by atoms with Crippen molar-refractivity contribution in [1.29, 1.82) is 0 Å². The van der Waals surface area contributed by atoms with Crippen molar-refractivity contribution in [3.63, 3.8) is 0 Å². The van der Waals surface area contributed by atoms with Gasteiger partial charge in [0.15, 0.2) is 5.96 Å². The molecular weight excluding hydrogens is 538 g/mol. The Balaban J connectivity index is 0.00000306. The number of halogens is 2. The first-order valence-corrected chi connectivity index (χ1v) is 11.3. The molecule has 0 spiro atoms. The van der Waals surface area contributed by atoms with Gasteiger partial charge in [0.05, 0.1) is 12.2 Å². The lowest BCUT2D eigenvalue weighted by atomic mass is 10.2. The Morgan fingerprint density at radius 3 is 2.64 bits per heavy atom. The predicted molar refractivity (Wildman–Crippen MR) is 136 cm³/mol. The zero-order valence-corrected chi connectivity index (χ0v) is 21.5. The van der Waals surface area contributed by atoms with E-state index < -0.39 is 0 Å². The van der Waals surface area contributed by atoms with Crippen LogP contribution in [0, 0.1) is 12.7 Å². The van der Waals surface area contributed by atoms with Gasteiger partial charge in [0.2, 0.25) is 0 Å². The van der Waals surface area contributed by atoms with E-state index >= 15 is 0 Å². The van der Waals surface area contributed by atoms with Gasteiger partial charge in [-0.3, -0.25) is 4.79 Å². The van der Waals surface area contributed by atoms with Gasteiger partial charge in [-0.1, -0.05) is 6.07 Å². The van der Waals surface area contributed by atoms with Gasteiger partial charge < -0.3 is 24.4 Å². The molecule has 1 unspecified atom stereocenters. The number of ether oxygens (including phenoxy) is 1. The number of aromatic nitrogens is 2. The van der Waals surface area contributed by atoms with E-state index in [1.807, 2.05) is 24.8 Å². The highest BCUT2D eigenvalue weighted by molar-refractivity contribution is 14.0. The quantitative estimate of drug-likeness (QED) is 0.340. The van der Waals surface area contributed by atoms with Crippen molar-refractivity contribution in [2.24, 2.45) is 4.99 Å². The Morgan fingerprint density at radius 2 is 2.03 bits per heavy atom. The molecule has 1 aromatic carbocycles. The maximum atomic E-state index is 14.7. The number of carbonyl (C=O) groups is 1. The van der Waals surface area contributed by atoms with Crippen LogP contribution in [-0.2, 0) is 16.1 Å². The molecule has 0 bridgehead atoms. The van der Waals surface area contributed by atoms with Gasteiger partial charge >= 0.3 is 0 Å². The van der Waals surface area contributed by atoms with Crippen molar-refractivity contribution in [2.75, 3.05) is 39.3 Å². The molecule has 0 saturated carbocycles. The second kappa shape index (κ2) is 11.8. The SMILES string of the molecule is CCNC(=NCc1ccc(-n2ccnc2C)c(F)c1)N1CCN(C(=O)C2CCCO2)CC1.I. The predicted octanol–water partition coefficient (Wildman–Crippen LogP) is 2.73. The topological polar surface area (TPSA) is 75.0 Å². The van der Waals surface area contributed by atoms with Crippen LogP contribution in [0.1, 0.15) is 31.2 Å². The molecule has 0 aliphatic carbocycles. The first-order valence-electron chi connectivity index (χ1n) is 11.3. The fourth-order valence-electron chi connectivity index (χ4n) is 4.18. The van der Waals surface area contributed by atoms with Crippen LogP contribution in [0.3, 0.4) is 0 Å². The molecule has 2 aromatic rings. The van der Waals surface area contributed by atoms with Crippen LogP contribution < -0.4 is 5.32 Å². The molecule has 4 rings (SSSR count). The summed E-state index contributed by atoms with van der Waals surface area (Å²) in [6.07, 6.45) is 4.91. The highest BCUT2D eigenvalue weighted by atomic mass is 127. The molecule has 1 N–H and O–H groups in total. The number of amides is 1. The smallest absolute Gasteiger partial charge is 0.251 e. The zero-order valence-electron chi connectivity index (χ0n) is 19.2. The number of imidazole rings is 1. The Morgan fingerprint density at radius 1 is 1.27 bits per heavy atom. The van der Waals surface area contributed by atoms with Crippen molar-refractivity contribution in [2.45, 2.75) is 39.3 Å². The summed E-state index contributed by atoms with van der Waals surface area (Å²) in [7, 11) is 0. The lowest BCUT2D eigenvalue weighted by molar-refractivity contribution is -0.142. The highest BCUT2D eigenvalue weighted by Gasteiger charge is 2.30. The van der Waals surface area contributed by atoms with E-state index in [0.29, 0.717) is 45.0 Å². The van der Waals surface area contributed by atoms with Crippen molar-refractivity contribution >= 4 is 35.8 Å². The summed E-state index contributed by atoms with van der Waals surface area (Å²) >= 11 is 0. The number of benzene rings is 1. The van der Waals surface area contributed by atoms with Crippen molar-refractivity contribution in [1.82, 2.24) is 24.7 Å². The van der Waals surface area contributed by atoms with Gasteiger partial charge in [-0.25, -0.2) is 14.4 Å². The third-order valence-electron chi connectivity index (χ3n) is 5.94. The minimum Gasteiger partial charge on any atom is -0.368 e. The average Bonchev–Trinajstić information content (AvgIpc) is 3.49. The number of aliphatic imine (C=N–C) groups is 1. The summed E-state index contributed by atoms with van der Waals surface area (Å²) in [5.41, 5.74) is 1.28. The molecule has 2 aliphatic heterocycles. The second-order valence-electron chi connectivity index (χ2n) is 8.11. The van der Waals surface area contributed by atoms with Gasteiger partial charge in [-0.15, -0.1) is 24.0 Å². The molecule has 1 atom stereocenters. The summed E-state index contributed by atoms with van der Waals surface area (Å²) in [6, 6.07) is 5.18. The molecule has 33 heavy (non-hydrogen) atoms. The summed E-state index contributed by atoms with van der Waals surface area (Å²) in [6.45, 7) is 8.36. The maximum absolute atomic E-state index is 14.7. The molecule has 10 heteroatoms. The van der Waals surface area contributed by atoms with E-state index in [2.05, 4.69) is 15.2 Å². The van der Waals surface area contributed by atoms with Gasteiger partial charge in [0.1, 0.15) is 17.7 Å². The second-order valence-corrected chi connectivity index (χ2v) is 8.11. The van der Waals surface area contributed by atoms with Gasteiger partial charge in [0.25, 0.3) is 5.91 Å². The number of aryl methyl sites for hydroxylation is 1. The van der Waals surface area contributed by atoms with E-state index in [4.69, 9.17) is 9.73 Å². The molecule has 8 nitrogen and oxygen atoms in total. The van der Waals surface area contributed by atoms with E-state index in [0.717, 1.165) is 36.7 Å². The number of piperazine rings is 1. The minimum absolute atomic E-state index is 0. The van der Waals surface area contributed by atoms with Gasteiger partial charge in [0, 0.05) is 51.7 Å². The number of rotatable bonds is 5. The maximum Gasteiger partial charge on any atom is 0.251 e. The standard InChI is InChI=1S/C23H31FN6O2.HI/c1-3-25-23(29-12-10-28(11-13-29)22(31)21-5-4-14-32-21)27-16-18-6-7-20(19(24)15-18)30-9-8-26-17(30)2;/h6-9,15,21H,3-5,10-14,16H2,1-2H3,(H,25,27);1H. The van der Waals surface area contributed by atoms with Gasteiger partial charge in [-0.2, -0.15) is 0 Å². The van der Waals surface area contributed by atoms with Crippen LogP contribution in [0.25, 0.3) is 5.69 Å². The number of nitrogens with zero attached hydrogens (tertiary/aromatic N) is 5. The number of nitrogens with one attached hydrogen (secondary N) is 1.